The highest BCUT2D eigenvalue weighted by molar-refractivity contribution is 8.00. The molecule has 0 saturated carbocycles. The average Bonchev–Trinajstić information content (AvgIpc) is 3.19. The third kappa shape index (κ3) is 4.72. The Morgan fingerprint density at radius 1 is 1.32 bits per heavy atom. The molecule has 2 heterocycles. The van der Waals surface area contributed by atoms with E-state index < -0.39 is 5.25 Å². The predicted molar refractivity (Wildman–Crippen MR) is 106 cm³/mol. The first-order chi connectivity index (χ1) is 13.3. The molecule has 0 spiro atoms. The van der Waals surface area contributed by atoms with Gasteiger partial charge in [-0.05, 0) is 45.4 Å². The van der Waals surface area contributed by atoms with Crippen LogP contribution in [-0.2, 0) is 18.4 Å². The van der Waals surface area contributed by atoms with E-state index in [2.05, 4.69) is 20.6 Å². The minimum Gasteiger partial charge on any atom is -0.484 e. The molecular weight excluding hydrogens is 378 g/mol. The van der Waals surface area contributed by atoms with E-state index in [1.54, 1.807) is 11.6 Å². The monoisotopic (exact) mass is 401 g/mol. The van der Waals surface area contributed by atoms with Crippen LogP contribution in [0.15, 0.2) is 33.9 Å². The SMILES string of the molecule is Cc1cccc(OCc2nnc(S[C@@H](C)C(=O)Nc3c(C)nn(C)c3C)o2)c1. The Morgan fingerprint density at radius 3 is 2.79 bits per heavy atom. The Bertz CT molecular complexity index is 982. The van der Waals surface area contributed by atoms with Crippen molar-refractivity contribution in [2.75, 3.05) is 5.32 Å². The largest absolute Gasteiger partial charge is 0.484 e. The van der Waals surface area contributed by atoms with E-state index in [-0.39, 0.29) is 12.5 Å². The van der Waals surface area contributed by atoms with Gasteiger partial charge in [-0.3, -0.25) is 9.48 Å². The van der Waals surface area contributed by atoms with Crippen molar-refractivity contribution >= 4 is 23.4 Å². The molecule has 1 N–H and O–H groups in total. The van der Waals surface area contributed by atoms with Crippen LogP contribution in [0.4, 0.5) is 5.69 Å². The van der Waals surface area contributed by atoms with Crippen molar-refractivity contribution in [3.05, 3.63) is 47.1 Å². The van der Waals surface area contributed by atoms with E-state index in [1.807, 2.05) is 52.1 Å². The lowest BCUT2D eigenvalue weighted by atomic mass is 10.2. The molecule has 28 heavy (non-hydrogen) atoms. The van der Waals surface area contributed by atoms with Gasteiger partial charge in [-0.15, -0.1) is 10.2 Å². The fraction of sp³-hybridized carbons (Fsp3) is 0.368. The molecule has 1 atom stereocenters. The summed E-state index contributed by atoms with van der Waals surface area (Å²) < 4.78 is 13.0. The summed E-state index contributed by atoms with van der Waals surface area (Å²) in [7, 11) is 1.84. The second kappa shape index (κ2) is 8.47. The first-order valence-electron chi connectivity index (χ1n) is 8.83. The van der Waals surface area contributed by atoms with E-state index in [4.69, 9.17) is 9.15 Å². The highest BCUT2D eigenvalue weighted by Gasteiger charge is 2.21. The van der Waals surface area contributed by atoms with Crippen molar-refractivity contribution in [2.24, 2.45) is 7.05 Å². The van der Waals surface area contributed by atoms with Gasteiger partial charge in [0, 0.05) is 7.05 Å². The maximum absolute atomic E-state index is 12.5. The molecule has 1 amide bonds. The highest BCUT2D eigenvalue weighted by atomic mass is 32.2. The number of benzene rings is 1. The maximum atomic E-state index is 12.5. The highest BCUT2D eigenvalue weighted by Crippen LogP contribution is 2.25. The number of amides is 1. The number of thioether (sulfide) groups is 1. The number of ether oxygens (including phenoxy) is 1. The Labute approximate surface area is 167 Å². The molecule has 0 saturated heterocycles. The number of hydrogen-bond donors (Lipinski definition) is 1. The summed E-state index contributed by atoms with van der Waals surface area (Å²) in [4.78, 5) is 12.5. The first kappa shape index (κ1) is 19.9. The zero-order valence-electron chi connectivity index (χ0n) is 16.5. The standard InChI is InChI=1S/C19H23N5O3S/c1-11-7-6-8-15(9-11)26-10-16-21-22-19(27-16)28-14(4)18(25)20-17-12(2)23-24(5)13(17)3/h6-9,14H,10H2,1-5H3,(H,20,25)/t14-/m0/s1. The quantitative estimate of drug-likeness (QED) is 0.606. The van der Waals surface area contributed by atoms with E-state index in [0.29, 0.717) is 11.1 Å². The van der Waals surface area contributed by atoms with Crippen LogP contribution in [0.2, 0.25) is 0 Å². The predicted octanol–water partition coefficient (Wildman–Crippen LogP) is 3.43. The van der Waals surface area contributed by atoms with Crippen LogP contribution in [0.1, 0.15) is 29.8 Å². The van der Waals surface area contributed by atoms with Crippen molar-refractivity contribution in [3.8, 4) is 5.75 Å². The fourth-order valence-electron chi connectivity index (χ4n) is 2.58. The van der Waals surface area contributed by atoms with Gasteiger partial charge in [-0.1, -0.05) is 23.9 Å². The molecule has 0 fully saturated rings. The smallest absolute Gasteiger partial charge is 0.277 e. The van der Waals surface area contributed by atoms with Crippen molar-refractivity contribution in [1.29, 1.82) is 0 Å². The molecule has 2 aromatic heterocycles. The zero-order chi connectivity index (χ0) is 20.3. The van der Waals surface area contributed by atoms with Gasteiger partial charge in [0.1, 0.15) is 5.75 Å². The lowest BCUT2D eigenvalue weighted by Gasteiger charge is -2.10. The molecule has 0 unspecified atom stereocenters. The van der Waals surface area contributed by atoms with Gasteiger partial charge < -0.3 is 14.5 Å². The van der Waals surface area contributed by atoms with Crippen LogP contribution in [0.3, 0.4) is 0 Å². The van der Waals surface area contributed by atoms with E-state index in [1.165, 1.54) is 11.8 Å². The number of nitrogens with one attached hydrogen (secondary N) is 1. The molecule has 1 aromatic carbocycles. The summed E-state index contributed by atoms with van der Waals surface area (Å²) in [5.41, 5.74) is 3.52. The van der Waals surface area contributed by atoms with E-state index in [9.17, 15) is 4.79 Å². The fourth-order valence-corrected chi connectivity index (χ4v) is 3.28. The van der Waals surface area contributed by atoms with Gasteiger partial charge in [0.2, 0.25) is 5.91 Å². The van der Waals surface area contributed by atoms with Crippen LogP contribution < -0.4 is 10.1 Å². The van der Waals surface area contributed by atoms with Gasteiger partial charge >= 0.3 is 0 Å². The van der Waals surface area contributed by atoms with Crippen LogP contribution in [0.25, 0.3) is 0 Å². The van der Waals surface area contributed by atoms with Gasteiger partial charge in [-0.2, -0.15) is 5.10 Å². The summed E-state index contributed by atoms with van der Waals surface area (Å²) in [5, 5.41) is 15.1. The molecule has 0 aliphatic heterocycles. The van der Waals surface area contributed by atoms with Crippen LogP contribution in [0.5, 0.6) is 5.75 Å². The molecular formula is C19H23N5O3S. The number of carbonyl (C=O) groups excluding carboxylic acids is 1. The van der Waals surface area contributed by atoms with Crippen molar-refractivity contribution in [1.82, 2.24) is 20.0 Å². The number of nitrogens with zero attached hydrogens (tertiary/aromatic N) is 4. The van der Waals surface area contributed by atoms with Crippen molar-refractivity contribution < 1.29 is 13.9 Å². The Morgan fingerprint density at radius 2 is 2.11 bits per heavy atom. The van der Waals surface area contributed by atoms with Gasteiger partial charge in [-0.25, -0.2) is 0 Å². The second-order valence-corrected chi connectivity index (χ2v) is 7.78. The Balaban J connectivity index is 1.55. The minimum atomic E-state index is -0.412. The van der Waals surface area contributed by atoms with Crippen molar-refractivity contribution in [3.63, 3.8) is 0 Å². The molecule has 3 aromatic rings. The van der Waals surface area contributed by atoms with Crippen molar-refractivity contribution in [2.45, 2.75) is 44.8 Å². The van der Waals surface area contributed by atoms with Crippen LogP contribution >= 0.6 is 11.8 Å². The number of anilines is 1. The zero-order valence-corrected chi connectivity index (χ0v) is 17.3. The molecule has 9 heteroatoms. The summed E-state index contributed by atoms with van der Waals surface area (Å²) in [6, 6.07) is 7.72. The Kier molecular flexibility index (Phi) is 6.03. The van der Waals surface area contributed by atoms with Gasteiger partial charge in [0.05, 0.1) is 22.3 Å². The number of rotatable bonds is 7. The molecule has 0 radical (unpaired) electrons. The lowest BCUT2D eigenvalue weighted by Crippen LogP contribution is -2.23. The average molecular weight is 401 g/mol. The molecule has 0 aliphatic rings. The lowest BCUT2D eigenvalue weighted by molar-refractivity contribution is -0.115. The summed E-state index contributed by atoms with van der Waals surface area (Å²) in [5.74, 6) is 0.942. The Hall–Kier alpha value is -2.81. The number of hydrogen-bond acceptors (Lipinski definition) is 7. The molecule has 3 rings (SSSR count). The van der Waals surface area contributed by atoms with E-state index >= 15 is 0 Å². The van der Waals surface area contributed by atoms with Gasteiger partial charge in [0.25, 0.3) is 11.1 Å². The second-order valence-electron chi connectivity index (χ2n) is 6.49. The molecule has 0 aliphatic carbocycles. The summed E-state index contributed by atoms with van der Waals surface area (Å²) in [6.45, 7) is 7.72. The maximum Gasteiger partial charge on any atom is 0.277 e. The first-order valence-corrected chi connectivity index (χ1v) is 9.71. The molecule has 0 bridgehead atoms. The summed E-state index contributed by atoms with van der Waals surface area (Å²) >= 11 is 1.20. The molecule has 148 valence electrons. The number of aromatic nitrogens is 4. The van der Waals surface area contributed by atoms with Crippen LogP contribution in [0, 0.1) is 20.8 Å². The van der Waals surface area contributed by atoms with Gasteiger partial charge in [0.15, 0.2) is 6.61 Å². The topological polar surface area (TPSA) is 95.1 Å². The van der Waals surface area contributed by atoms with E-state index in [0.717, 1.165) is 28.4 Å². The minimum absolute atomic E-state index is 0.153. The molecule has 8 nitrogen and oxygen atoms in total. The number of aryl methyl sites for hydroxylation is 3. The normalized spacial score (nSPS) is 12.0. The third-order valence-corrected chi connectivity index (χ3v) is 5.14. The summed E-state index contributed by atoms with van der Waals surface area (Å²) in [6.07, 6.45) is 0. The number of carbonyl (C=O) groups is 1. The van der Waals surface area contributed by atoms with Crippen LogP contribution in [-0.4, -0.2) is 31.1 Å². The third-order valence-electron chi connectivity index (χ3n) is 4.20.